The quantitative estimate of drug-likeness (QED) is 0.264. The fourth-order valence-electron chi connectivity index (χ4n) is 2.38. The average Bonchev–Trinajstić information content (AvgIpc) is 2.53. The zero-order valence-electron chi connectivity index (χ0n) is 13.9. The summed E-state index contributed by atoms with van der Waals surface area (Å²) in [7, 11) is 0. The van der Waals surface area contributed by atoms with Crippen molar-refractivity contribution in [1.82, 2.24) is 0 Å². The number of esters is 1. The topological polar surface area (TPSA) is 69.4 Å². The van der Waals surface area contributed by atoms with Gasteiger partial charge in [0.15, 0.2) is 0 Å². The van der Waals surface area contributed by atoms with Crippen LogP contribution in [-0.2, 0) is 4.79 Å². The van der Waals surface area contributed by atoms with Gasteiger partial charge in [0.1, 0.15) is 5.75 Å². The molecule has 124 valence electrons. The van der Waals surface area contributed by atoms with Gasteiger partial charge in [-0.1, -0.05) is 19.9 Å². The van der Waals surface area contributed by atoms with E-state index in [9.17, 15) is 14.9 Å². The Morgan fingerprint density at radius 2 is 1.83 bits per heavy atom. The van der Waals surface area contributed by atoms with Gasteiger partial charge in [-0.3, -0.25) is 10.1 Å². The van der Waals surface area contributed by atoms with E-state index in [1.165, 1.54) is 23.8 Å². The van der Waals surface area contributed by atoms with E-state index in [2.05, 4.69) is 13.8 Å². The van der Waals surface area contributed by atoms with Crippen molar-refractivity contribution in [2.75, 3.05) is 0 Å². The molecule has 0 fully saturated rings. The molecule has 0 aromatic heterocycles. The lowest BCUT2D eigenvalue weighted by Gasteiger charge is -2.11. The van der Waals surface area contributed by atoms with Crippen LogP contribution in [0, 0.1) is 17.0 Å². The van der Waals surface area contributed by atoms with Gasteiger partial charge in [-0.05, 0) is 59.9 Å². The minimum absolute atomic E-state index is 0.00967. The third-order valence-corrected chi connectivity index (χ3v) is 3.60. The summed E-state index contributed by atoms with van der Waals surface area (Å²) in [6, 6.07) is 11.5. The van der Waals surface area contributed by atoms with Gasteiger partial charge in [0.25, 0.3) is 5.69 Å². The molecule has 24 heavy (non-hydrogen) atoms. The molecule has 0 amide bonds. The Balaban J connectivity index is 2.02. The van der Waals surface area contributed by atoms with Gasteiger partial charge in [-0.2, -0.15) is 0 Å². The van der Waals surface area contributed by atoms with Crippen molar-refractivity contribution in [3.8, 4) is 5.75 Å². The molecule has 0 bridgehead atoms. The van der Waals surface area contributed by atoms with Gasteiger partial charge in [0, 0.05) is 18.2 Å². The van der Waals surface area contributed by atoms with Crippen LogP contribution < -0.4 is 4.74 Å². The van der Waals surface area contributed by atoms with Crippen LogP contribution in [0.15, 0.2) is 48.5 Å². The van der Waals surface area contributed by atoms with Crippen molar-refractivity contribution in [1.29, 1.82) is 0 Å². The zero-order chi connectivity index (χ0) is 17.7. The summed E-state index contributed by atoms with van der Waals surface area (Å²) in [6.45, 7) is 6.21. The Hall–Kier alpha value is -2.95. The lowest BCUT2D eigenvalue weighted by molar-refractivity contribution is -0.384. The highest BCUT2D eigenvalue weighted by atomic mass is 16.6. The number of nitro benzene ring substituents is 1. The molecule has 2 rings (SSSR count). The number of hydrogen-bond acceptors (Lipinski definition) is 4. The smallest absolute Gasteiger partial charge is 0.336 e. The summed E-state index contributed by atoms with van der Waals surface area (Å²) in [5.74, 6) is 0.414. The molecule has 0 radical (unpaired) electrons. The number of carbonyl (C=O) groups excluding carboxylic acids is 1. The molecule has 0 saturated carbocycles. The second-order valence-corrected chi connectivity index (χ2v) is 5.78. The van der Waals surface area contributed by atoms with E-state index in [0.717, 1.165) is 5.56 Å². The van der Waals surface area contributed by atoms with Crippen molar-refractivity contribution in [3.63, 3.8) is 0 Å². The summed E-state index contributed by atoms with van der Waals surface area (Å²) in [6.07, 6.45) is 2.86. The monoisotopic (exact) mass is 325 g/mol. The Kier molecular flexibility index (Phi) is 5.47. The van der Waals surface area contributed by atoms with Gasteiger partial charge in [0.05, 0.1) is 4.92 Å². The molecule has 0 saturated heterocycles. The Bertz CT molecular complexity index is 776. The molecule has 5 nitrogen and oxygen atoms in total. The molecule has 0 atom stereocenters. The van der Waals surface area contributed by atoms with Crippen molar-refractivity contribution >= 4 is 17.7 Å². The number of aryl methyl sites for hydroxylation is 1. The number of nitro groups is 1. The highest BCUT2D eigenvalue weighted by Gasteiger charge is 2.07. The summed E-state index contributed by atoms with van der Waals surface area (Å²) in [4.78, 5) is 22.0. The molecule has 5 heteroatoms. The van der Waals surface area contributed by atoms with Crippen LogP contribution in [0.1, 0.15) is 36.5 Å². The van der Waals surface area contributed by atoms with E-state index < -0.39 is 10.9 Å². The van der Waals surface area contributed by atoms with Crippen LogP contribution in [0.4, 0.5) is 5.69 Å². The fraction of sp³-hybridized carbons (Fsp3) is 0.211. The minimum Gasteiger partial charge on any atom is -0.423 e. The normalized spacial score (nSPS) is 11.0. The molecule has 0 unspecified atom stereocenters. The number of rotatable bonds is 5. The number of hydrogen-bond donors (Lipinski definition) is 0. The van der Waals surface area contributed by atoms with E-state index in [4.69, 9.17) is 4.74 Å². The number of ether oxygens (including phenoxy) is 1. The maximum absolute atomic E-state index is 11.9. The lowest BCUT2D eigenvalue weighted by atomic mass is 9.98. The maximum atomic E-state index is 11.9. The second kappa shape index (κ2) is 7.55. The summed E-state index contributed by atoms with van der Waals surface area (Å²) in [5.41, 5.74) is 2.99. The van der Waals surface area contributed by atoms with Gasteiger partial charge < -0.3 is 4.74 Å². The zero-order valence-corrected chi connectivity index (χ0v) is 13.9. The van der Waals surface area contributed by atoms with Crippen LogP contribution >= 0.6 is 0 Å². The van der Waals surface area contributed by atoms with Crippen LogP contribution in [-0.4, -0.2) is 10.9 Å². The first-order chi connectivity index (χ1) is 11.4. The summed E-state index contributed by atoms with van der Waals surface area (Å²) in [5, 5.41) is 10.6. The minimum atomic E-state index is -0.495. The van der Waals surface area contributed by atoms with E-state index in [1.807, 2.05) is 19.1 Å². The SMILES string of the molecule is Cc1cc(OC(=O)/C=C/c2ccc([N+](=O)[O-])cc2)ccc1C(C)C. The first-order valence-electron chi connectivity index (χ1n) is 7.61. The number of nitrogens with zero attached hydrogens (tertiary/aromatic N) is 1. The Morgan fingerprint density at radius 3 is 2.38 bits per heavy atom. The summed E-state index contributed by atoms with van der Waals surface area (Å²) >= 11 is 0. The summed E-state index contributed by atoms with van der Waals surface area (Å²) < 4.78 is 5.28. The molecule has 0 aliphatic heterocycles. The Morgan fingerprint density at radius 1 is 1.17 bits per heavy atom. The molecule has 2 aromatic rings. The number of benzene rings is 2. The van der Waals surface area contributed by atoms with Crippen molar-refractivity contribution in [3.05, 3.63) is 75.3 Å². The largest absolute Gasteiger partial charge is 0.423 e. The third kappa shape index (κ3) is 4.52. The van der Waals surface area contributed by atoms with Crippen LogP contribution in [0.2, 0.25) is 0 Å². The van der Waals surface area contributed by atoms with Gasteiger partial charge >= 0.3 is 5.97 Å². The number of non-ortho nitro benzene ring substituents is 1. The van der Waals surface area contributed by atoms with Crippen LogP contribution in [0.5, 0.6) is 5.75 Å². The molecular formula is C19H19NO4. The van der Waals surface area contributed by atoms with Crippen LogP contribution in [0.25, 0.3) is 6.08 Å². The third-order valence-electron chi connectivity index (χ3n) is 3.60. The molecule has 0 heterocycles. The fourth-order valence-corrected chi connectivity index (χ4v) is 2.38. The predicted octanol–water partition coefficient (Wildman–Crippen LogP) is 4.65. The number of carbonyl (C=O) groups is 1. The van der Waals surface area contributed by atoms with Gasteiger partial charge in [-0.15, -0.1) is 0 Å². The van der Waals surface area contributed by atoms with E-state index in [-0.39, 0.29) is 5.69 Å². The molecule has 0 aliphatic rings. The Labute approximate surface area is 140 Å². The van der Waals surface area contributed by atoms with Gasteiger partial charge in [0.2, 0.25) is 0 Å². The molecule has 2 aromatic carbocycles. The van der Waals surface area contributed by atoms with E-state index in [1.54, 1.807) is 24.3 Å². The molecular weight excluding hydrogens is 306 g/mol. The first kappa shape index (κ1) is 17.4. The van der Waals surface area contributed by atoms with E-state index in [0.29, 0.717) is 17.2 Å². The molecule has 0 N–H and O–H groups in total. The van der Waals surface area contributed by atoms with Crippen molar-refractivity contribution < 1.29 is 14.5 Å². The first-order valence-corrected chi connectivity index (χ1v) is 7.61. The predicted molar refractivity (Wildman–Crippen MR) is 93.0 cm³/mol. The van der Waals surface area contributed by atoms with Crippen LogP contribution in [0.3, 0.4) is 0 Å². The van der Waals surface area contributed by atoms with Crippen molar-refractivity contribution in [2.24, 2.45) is 0 Å². The highest BCUT2D eigenvalue weighted by molar-refractivity contribution is 5.88. The molecule has 0 aliphatic carbocycles. The maximum Gasteiger partial charge on any atom is 0.336 e. The highest BCUT2D eigenvalue weighted by Crippen LogP contribution is 2.23. The van der Waals surface area contributed by atoms with Crippen molar-refractivity contribution in [2.45, 2.75) is 26.7 Å². The average molecular weight is 325 g/mol. The second-order valence-electron chi connectivity index (χ2n) is 5.78. The lowest BCUT2D eigenvalue weighted by Crippen LogP contribution is -2.04. The molecule has 0 spiro atoms. The van der Waals surface area contributed by atoms with E-state index >= 15 is 0 Å². The standard InChI is InChI=1S/C19H19NO4/c1-13(2)18-10-9-17(12-14(18)3)24-19(21)11-6-15-4-7-16(8-5-15)20(22)23/h4-13H,1-3H3/b11-6+. The van der Waals surface area contributed by atoms with Gasteiger partial charge in [-0.25, -0.2) is 4.79 Å².